The summed E-state index contributed by atoms with van der Waals surface area (Å²) in [6, 6.07) is 0. The van der Waals surface area contributed by atoms with Crippen LogP contribution < -0.4 is 0 Å². The van der Waals surface area contributed by atoms with Crippen LogP contribution in [0.15, 0.2) is 72.9 Å². The highest BCUT2D eigenvalue weighted by atomic mass is 16.6. The number of hydrogen-bond donors (Lipinski definition) is 0. The third-order valence-corrected chi connectivity index (χ3v) is 13.5. The lowest BCUT2D eigenvalue weighted by atomic mass is 10.0. The second-order valence-electron chi connectivity index (χ2n) is 20.6. The van der Waals surface area contributed by atoms with Gasteiger partial charge in [-0.2, -0.15) is 0 Å². The Bertz CT molecular complexity index is 1340. The third-order valence-electron chi connectivity index (χ3n) is 13.5. The second-order valence-corrected chi connectivity index (χ2v) is 20.6. The fraction of sp³-hybridized carbons (Fsp3) is 0.773. The molecule has 0 heterocycles. The van der Waals surface area contributed by atoms with E-state index >= 15 is 0 Å². The molecular formula is C66H116O6. The fourth-order valence-electron chi connectivity index (χ4n) is 8.86. The van der Waals surface area contributed by atoms with Crippen LogP contribution in [0.2, 0.25) is 0 Å². The minimum atomic E-state index is -0.783. The Balaban J connectivity index is 4.39. The van der Waals surface area contributed by atoms with Crippen LogP contribution in [0.3, 0.4) is 0 Å². The first-order valence-corrected chi connectivity index (χ1v) is 30.9. The molecule has 0 spiro atoms. The molecule has 0 aromatic carbocycles. The zero-order valence-electron chi connectivity index (χ0n) is 47.7. The van der Waals surface area contributed by atoms with Crippen LogP contribution in [0, 0.1) is 0 Å². The van der Waals surface area contributed by atoms with Crippen LogP contribution in [0.25, 0.3) is 0 Å². The van der Waals surface area contributed by atoms with Crippen LogP contribution in [0.1, 0.15) is 310 Å². The van der Waals surface area contributed by atoms with E-state index in [1.807, 2.05) is 0 Å². The molecule has 0 bridgehead atoms. The first-order valence-electron chi connectivity index (χ1n) is 30.9. The monoisotopic (exact) mass is 1000 g/mol. The van der Waals surface area contributed by atoms with E-state index in [0.717, 1.165) is 109 Å². The molecule has 0 aromatic rings. The maximum absolute atomic E-state index is 12.9. The molecule has 6 heteroatoms. The van der Waals surface area contributed by atoms with Gasteiger partial charge in [-0.25, -0.2) is 0 Å². The molecule has 416 valence electrons. The summed E-state index contributed by atoms with van der Waals surface area (Å²) in [5.41, 5.74) is 0. The highest BCUT2D eigenvalue weighted by Gasteiger charge is 2.19. The topological polar surface area (TPSA) is 78.9 Å². The summed E-state index contributed by atoms with van der Waals surface area (Å²) in [4.78, 5) is 38.3. The molecule has 0 aliphatic rings. The van der Waals surface area contributed by atoms with Crippen molar-refractivity contribution in [3.05, 3.63) is 72.9 Å². The highest BCUT2D eigenvalue weighted by molar-refractivity contribution is 5.71. The Morgan fingerprint density at radius 3 is 0.847 bits per heavy atom. The lowest BCUT2D eigenvalue weighted by Gasteiger charge is -2.18. The van der Waals surface area contributed by atoms with Crippen LogP contribution >= 0.6 is 0 Å². The molecule has 0 rings (SSSR count). The van der Waals surface area contributed by atoms with Gasteiger partial charge in [-0.05, 0) is 70.6 Å². The summed E-state index contributed by atoms with van der Waals surface area (Å²) in [6.07, 6.45) is 77.5. The van der Waals surface area contributed by atoms with Crippen molar-refractivity contribution in [1.29, 1.82) is 0 Å². The van der Waals surface area contributed by atoms with E-state index in [1.54, 1.807) is 0 Å². The summed E-state index contributed by atoms with van der Waals surface area (Å²) in [7, 11) is 0. The molecule has 0 radical (unpaired) electrons. The number of allylic oxidation sites excluding steroid dienone is 12. The Labute approximate surface area is 446 Å². The molecule has 0 aliphatic heterocycles. The first-order chi connectivity index (χ1) is 35.5. The smallest absolute Gasteiger partial charge is 0.306 e. The van der Waals surface area contributed by atoms with Gasteiger partial charge in [-0.3, -0.25) is 14.4 Å². The minimum Gasteiger partial charge on any atom is -0.462 e. The van der Waals surface area contributed by atoms with Gasteiger partial charge in [0.05, 0.1) is 0 Å². The molecule has 0 N–H and O–H groups in total. The zero-order valence-corrected chi connectivity index (χ0v) is 47.7. The summed E-state index contributed by atoms with van der Waals surface area (Å²) in [6.45, 7) is 6.55. The SMILES string of the molecule is CC/C=C\C/C=C\C/C=C\C/C=C\C/C=C\C/C=C\CCCCCCC(=O)OCC(COC(=O)CCCCCCCCCCCCCCCCC)OC(=O)CCCCCCCCCCCCCCCCCC. The fourth-order valence-corrected chi connectivity index (χ4v) is 8.86. The van der Waals surface area contributed by atoms with Crippen molar-refractivity contribution in [3.8, 4) is 0 Å². The van der Waals surface area contributed by atoms with Gasteiger partial charge in [0, 0.05) is 19.3 Å². The number of rotatable bonds is 56. The molecule has 0 aromatic heterocycles. The average molecular weight is 1010 g/mol. The normalized spacial score (nSPS) is 12.5. The average Bonchev–Trinajstić information content (AvgIpc) is 3.38. The van der Waals surface area contributed by atoms with Crippen molar-refractivity contribution in [2.45, 2.75) is 316 Å². The van der Waals surface area contributed by atoms with Gasteiger partial charge < -0.3 is 14.2 Å². The Morgan fingerprint density at radius 2 is 0.542 bits per heavy atom. The van der Waals surface area contributed by atoms with Crippen LogP contribution in [-0.2, 0) is 28.6 Å². The van der Waals surface area contributed by atoms with Gasteiger partial charge >= 0.3 is 17.9 Å². The van der Waals surface area contributed by atoms with Crippen molar-refractivity contribution in [2.75, 3.05) is 13.2 Å². The van der Waals surface area contributed by atoms with Crippen molar-refractivity contribution >= 4 is 17.9 Å². The molecule has 0 saturated heterocycles. The summed E-state index contributed by atoms with van der Waals surface area (Å²) >= 11 is 0. The lowest BCUT2D eigenvalue weighted by Crippen LogP contribution is -2.30. The van der Waals surface area contributed by atoms with Gasteiger partial charge in [0.15, 0.2) is 6.10 Å². The largest absolute Gasteiger partial charge is 0.462 e. The predicted molar refractivity (Wildman–Crippen MR) is 311 cm³/mol. The van der Waals surface area contributed by atoms with Crippen LogP contribution in [0.5, 0.6) is 0 Å². The van der Waals surface area contributed by atoms with E-state index in [9.17, 15) is 14.4 Å². The Kier molecular flexibility index (Phi) is 57.8. The van der Waals surface area contributed by atoms with E-state index in [1.165, 1.54) is 161 Å². The molecule has 1 unspecified atom stereocenters. The highest BCUT2D eigenvalue weighted by Crippen LogP contribution is 2.17. The van der Waals surface area contributed by atoms with Gasteiger partial charge in [0.25, 0.3) is 0 Å². The summed E-state index contributed by atoms with van der Waals surface area (Å²) < 4.78 is 16.9. The maximum Gasteiger partial charge on any atom is 0.306 e. The molecule has 0 saturated carbocycles. The van der Waals surface area contributed by atoms with E-state index in [0.29, 0.717) is 19.3 Å². The zero-order chi connectivity index (χ0) is 52.2. The van der Waals surface area contributed by atoms with Gasteiger partial charge in [0.1, 0.15) is 13.2 Å². The lowest BCUT2D eigenvalue weighted by molar-refractivity contribution is -0.167. The maximum atomic E-state index is 12.9. The van der Waals surface area contributed by atoms with Crippen molar-refractivity contribution in [3.63, 3.8) is 0 Å². The number of carbonyl (C=O) groups is 3. The molecule has 6 nitrogen and oxygen atoms in total. The molecular weight excluding hydrogens is 889 g/mol. The van der Waals surface area contributed by atoms with Gasteiger partial charge in [-0.15, -0.1) is 0 Å². The number of hydrogen-bond acceptors (Lipinski definition) is 6. The summed E-state index contributed by atoms with van der Waals surface area (Å²) in [5.74, 6) is -0.888. The van der Waals surface area contributed by atoms with Gasteiger partial charge in [0.2, 0.25) is 0 Å². The number of unbranched alkanes of at least 4 members (excludes halogenated alkanes) is 33. The second kappa shape index (κ2) is 60.4. The van der Waals surface area contributed by atoms with E-state index in [2.05, 4.69) is 93.7 Å². The van der Waals surface area contributed by atoms with Crippen LogP contribution in [-0.4, -0.2) is 37.2 Å². The minimum absolute atomic E-state index is 0.0792. The molecule has 1 atom stereocenters. The number of esters is 3. The first kappa shape index (κ1) is 68.8. The van der Waals surface area contributed by atoms with Crippen LogP contribution in [0.4, 0.5) is 0 Å². The van der Waals surface area contributed by atoms with E-state index < -0.39 is 6.10 Å². The predicted octanol–water partition coefficient (Wildman–Crippen LogP) is 20.9. The van der Waals surface area contributed by atoms with Crippen molar-refractivity contribution in [2.24, 2.45) is 0 Å². The summed E-state index contributed by atoms with van der Waals surface area (Å²) in [5, 5.41) is 0. The molecule has 0 amide bonds. The van der Waals surface area contributed by atoms with E-state index in [4.69, 9.17) is 14.2 Å². The quantitative estimate of drug-likeness (QED) is 0.0261. The standard InChI is InChI=1S/C66H116O6/c1-4-7-10-13-16-19-22-25-28-30-31-32-33-34-35-36-39-41-44-47-50-53-56-59-65(68)71-62-63(61-70-64(67)58-55-52-49-46-43-40-37-27-24-21-18-15-12-9-6-3)72-66(69)60-57-54-51-48-45-42-38-29-26-23-20-17-14-11-8-5-2/h7,10,16,19,25,28,31-32,34-35,39,41,63H,4-6,8-9,11-15,17-18,20-24,26-27,29-30,33,36-38,40,42-62H2,1-3H3/b10-7-,19-16-,28-25-,32-31-,35-34-,41-39-. The van der Waals surface area contributed by atoms with Gasteiger partial charge in [-0.1, -0.05) is 293 Å². The Hall–Kier alpha value is -3.15. The van der Waals surface area contributed by atoms with Crippen molar-refractivity contribution < 1.29 is 28.6 Å². The third kappa shape index (κ3) is 57.7. The number of carbonyl (C=O) groups excluding carboxylic acids is 3. The number of ether oxygens (including phenoxy) is 3. The molecule has 0 aliphatic carbocycles. The Morgan fingerprint density at radius 1 is 0.292 bits per heavy atom. The molecule has 0 fully saturated rings. The van der Waals surface area contributed by atoms with Crippen molar-refractivity contribution in [1.82, 2.24) is 0 Å². The molecule has 72 heavy (non-hydrogen) atoms. The van der Waals surface area contributed by atoms with E-state index in [-0.39, 0.29) is 31.1 Å².